The predicted molar refractivity (Wildman–Crippen MR) is 93.5 cm³/mol. The Morgan fingerprint density at radius 3 is 2.68 bits per heavy atom. The third-order valence-corrected chi connectivity index (χ3v) is 5.34. The second-order valence-corrected chi connectivity index (χ2v) is 7.05. The molecule has 2 N–H and O–H groups in total. The highest BCUT2D eigenvalue weighted by Crippen LogP contribution is 2.17. The summed E-state index contributed by atoms with van der Waals surface area (Å²) in [6, 6.07) is 2.29. The summed E-state index contributed by atoms with van der Waals surface area (Å²) < 4.78 is 0. The number of aromatic nitrogens is 2. The van der Waals surface area contributed by atoms with Gasteiger partial charge in [-0.3, -0.25) is 0 Å². The van der Waals surface area contributed by atoms with Crippen LogP contribution in [0, 0.1) is 6.92 Å². The largest absolute Gasteiger partial charge is 0.395 e. The zero-order valence-corrected chi connectivity index (χ0v) is 14.7. The lowest BCUT2D eigenvalue weighted by molar-refractivity contribution is 0.275. The fourth-order valence-corrected chi connectivity index (χ4v) is 3.43. The molecule has 2 unspecified atom stereocenters. The number of rotatable bonds is 7. The second kappa shape index (κ2) is 8.70. The monoisotopic (exact) mass is 324 g/mol. The average molecular weight is 324 g/mol. The van der Waals surface area contributed by atoms with Gasteiger partial charge in [-0.05, 0) is 45.4 Å². The standard InChI is InChI=1S/C16H28N4OS/c1-12-9-14(10-17-13(2)15(11-21)22-3)19-16(18-12)20-7-5-4-6-8-20/h9,13,15,17,21H,4-8,10-11H2,1-3H3. The molecular formula is C16H28N4OS. The van der Waals surface area contributed by atoms with Crippen molar-refractivity contribution in [2.45, 2.75) is 50.9 Å². The summed E-state index contributed by atoms with van der Waals surface area (Å²) in [7, 11) is 0. The van der Waals surface area contributed by atoms with Gasteiger partial charge in [0.05, 0.1) is 12.3 Å². The van der Waals surface area contributed by atoms with E-state index >= 15 is 0 Å². The molecule has 1 saturated heterocycles. The van der Waals surface area contributed by atoms with Gasteiger partial charge in [0.25, 0.3) is 0 Å². The minimum absolute atomic E-state index is 0.192. The molecule has 0 aromatic carbocycles. The Labute approximate surface area is 137 Å². The highest BCUT2D eigenvalue weighted by atomic mass is 32.2. The van der Waals surface area contributed by atoms with E-state index in [9.17, 15) is 5.11 Å². The van der Waals surface area contributed by atoms with E-state index in [4.69, 9.17) is 4.98 Å². The van der Waals surface area contributed by atoms with Gasteiger partial charge in [0.2, 0.25) is 5.95 Å². The van der Waals surface area contributed by atoms with Crippen molar-refractivity contribution in [1.82, 2.24) is 15.3 Å². The normalized spacial score (nSPS) is 18.3. The number of anilines is 1. The van der Waals surface area contributed by atoms with Crippen molar-refractivity contribution >= 4 is 17.7 Å². The fourth-order valence-electron chi connectivity index (χ4n) is 2.78. The maximum atomic E-state index is 9.36. The number of thioether (sulfide) groups is 1. The van der Waals surface area contributed by atoms with Gasteiger partial charge in [-0.15, -0.1) is 0 Å². The van der Waals surface area contributed by atoms with Crippen LogP contribution in [0.1, 0.15) is 37.6 Å². The van der Waals surface area contributed by atoms with Crippen LogP contribution in [0.3, 0.4) is 0 Å². The number of hydrogen-bond donors (Lipinski definition) is 2. The highest BCUT2D eigenvalue weighted by molar-refractivity contribution is 7.99. The molecule has 2 rings (SSSR count). The first-order valence-corrected chi connectivity index (χ1v) is 9.39. The molecule has 1 fully saturated rings. The smallest absolute Gasteiger partial charge is 0.225 e. The summed E-state index contributed by atoms with van der Waals surface area (Å²) in [5.74, 6) is 0.868. The molecule has 22 heavy (non-hydrogen) atoms. The molecule has 2 heterocycles. The van der Waals surface area contributed by atoms with Gasteiger partial charge in [-0.25, -0.2) is 9.97 Å². The molecule has 0 bridgehead atoms. The van der Waals surface area contributed by atoms with Crippen LogP contribution in [0.25, 0.3) is 0 Å². The quantitative estimate of drug-likeness (QED) is 0.800. The van der Waals surface area contributed by atoms with Gasteiger partial charge in [0, 0.05) is 36.6 Å². The topological polar surface area (TPSA) is 61.3 Å². The van der Waals surface area contributed by atoms with Crippen LogP contribution in [0.5, 0.6) is 0 Å². The maximum absolute atomic E-state index is 9.36. The Kier molecular flexibility index (Phi) is 6.92. The number of nitrogens with one attached hydrogen (secondary N) is 1. The lowest BCUT2D eigenvalue weighted by Gasteiger charge is -2.27. The lowest BCUT2D eigenvalue weighted by atomic mass is 10.1. The fraction of sp³-hybridized carbons (Fsp3) is 0.750. The third-order valence-electron chi connectivity index (χ3n) is 4.18. The molecule has 0 spiro atoms. The van der Waals surface area contributed by atoms with Crippen LogP contribution in [-0.4, -0.2) is 52.3 Å². The molecule has 1 aliphatic heterocycles. The van der Waals surface area contributed by atoms with Gasteiger partial charge in [-0.1, -0.05) is 0 Å². The zero-order chi connectivity index (χ0) is 15.9. The first-order valence-electron chi connectivity index (χ1n) is 8.10. The van der Waals surface area contributed by atoms with Crippen LogP contribution >= 0.6 is 11.8 Å². The van der Waals surface area contributed by atoms with E-state index in [1.54, 1.807) is 11.8 Å². The number of aryl methyl sites for hydroxylation is 1. The zero-order valence-electron chi connectivity index (χ0n) is 13.9. The van der Waals surface area contributed by atoms with E-state index in [1.165, 1.54) is 19.3 Å². The molecule has 0 radical (unpaired) electrons. The lowest BCUT2D eigenvalue weighted by Crippen LogP contribution is -2.37. The number of nitrogens with zero attached hydrogens (tertiary/aromatic N) is 3. The molecule has 6 heteroatoms. The molecule has 1 aliphatic rings. The molecule has 124 valence electrons. The number of aliphatic hydroxyl groups excluding tert-OH is 1. The van der Waals surface area contributed by atoms with Crippen molar-refractivity contribution in [2.75, 3.05) is 30.9 Å². The van der Waals surface area contributed by atoms with Gasteiger partial charge in [0.1, 0.15) is 0 Å². The summed E-state index contributed by atoms with van der Waals surface area (Å²) in [5, 5.41) is 13.0. The van der Waals surface area contributed by atoms with Gasteiger partial charge >= 0.3 is 0 Å². The van der Waals surface area contributed by atoms with Crippen LogP contribution in [-0.2, 0) is 6.54 Å². The van der Waals surface area contributed by atoms with Crippen molar-refractivity contribution in [3.05, 3.63) is 17.5 Å². The van der Waals surface area contributed by atoms with E-state index in [0.29, 0.717) is 6.54 Å². The molecule has 0 amide bonds. The first-order chi connectivity index (χ1) is 10.6. The van der Waals surface area contributed by atoms with E-state index < -0.39 is 0 Å². The van der Waals surface area contributed by atoms with E-state index in [0.717, 1.165) is 30.4 Å². The summed E-state index contributed by atoms with van der Waals surface area (Å²) in [6.45, 7) is 7.16. The first kappa shape index (κ1) is 17.5. The third kappa shape index (κ3) is 4.83. The minimum Gasteiger partial charge on any atom is -0.395 e. The maximum Gasteiger partial charge on any atom is 0.225 e. The summed E-state index contributed by atoms with van der Waals surface area (Å²) in [4.78, 5) is 11.6. The second-order valence-electron chi connectivity index (χ2n) is 5.97. The van der Waals surface area contributed by atoms with E-state index in [1.807, 2.05) is 19.2 Å². The Balaban J connectivity index is 2.00. The van der Waals surface area contributed by atoms with E-state index in [2.05, 4.69) is 22.1 Å². The predicted octanol–water partition coefficient (Wildman–Crippen LogP) is 1.98. The van der Waals surface area contributed by atoms with Crippen molar-refractivity contribution in [2.24, 2.45) is 0 Å². The molecule has 1 aromatic rings. The molecule has 0 saturated carbocycles. The molecular weight excluding hydrogens is 296 g/mol. The Bertz CT molecular complexity index is 461. The Morgan fingerprint density at radius 2 is 2.05 bits per heavy atom. The van der Waals surface area contributed by atoms with Gasteiger partial charge in [-0.2, -0.15) is 11.8 Å². The number of aliphatic hydroxyl groups is 1. The molecule has 1 aromatic heterocycles. The van der Waals surface area contributed by atoms with Crippen LogP contribution in [0.2, 0.25) is 0 Å². The summed E-state index contributed by atoms with van der Waals surface area (Å²) >= 11 is 1.69. The number of piperidine rings is 1. The molecule has 0 aliphatic carbocycles. The van der Waals surface area contributed by atoms with Gasteiger partial charge < -0.3 is 15.3 Å². The van der Waals surface area contributed by atoms with Crippen LogP contribution in [0.4, 0.5) is 5.95 Å². The Morgan fingerprint density at radius 1 is 1.32 bits per heavy atom. The summed E-state index contributed by atoms with van der Waals surface area (Å²) in [6.07, 6.45) is 5.80. The highest BCUT2D eigenvalue weighted by Gasteiger charge is 2.17. The van der Waals surface area contributed by atoms with Crippen LogP contribution < -0.4 is 10.2 Å². The average Bonchev–Trinajstić information content (AvgIpc) is 2.54. The molecule has 2 atom stereocenters. The number of hydrogen-bond acceptors (Lipinski definition) is 6. The van der Waals surface area contributed by atoms with Crippen molar-refractivity contribution in [3.8, 4) is 0 Å². The SMILES string of the molecule is CSC(CO)C(C)NCc1cc(C)nc(N2CCCCC2)n1. The minimum atomic E-state index is 0.192. The van der Waals surface area contributed by atoms with Crippen molar-refractivity contribution in [1.29, 1.82) is 0 Å². The summed E-state index contributed by atoms with van der Waals surface area (Å²) in [5.41, 5.74) is 2.04. The van der Waals surface area contributed by atoms with Crippen molar-refractivity contribution in [3.63, 3.8) is 0 Å². The van der Waals surface area contributed by atoms with Crippen LogP contribution in [0.15, 0.2) is 6.07 Å². The Hall–Kier alpha value is -0.850. The molecule has 5 nitrogen and oxygen atoms in total. The van der Waals surface area contributed by atoms with E-state index in [-0.39, 0.29) is 17.9 Å². The van der Waals surface area contributed by atoms with Gasteiger partial charge in [0.15, 0.2) is 0 Å². The van der Waals surface area contributed by atoms with Crippen molar-refractivity contribution < 1.29 is 5.11 Å².